The first-order valence-corrected chi connectivity index (χ1v) is 6.00. The normalized spacial score (nSPS) is 11.7. The average Bonchev–Trinajstić information content (AvgIpc) is 2.47. The van der Waals surface area contributed by atoms with Gasteiger partial charge in [-0.3, -0.25) is 0 Å². The van der Waals surface area contributed by atoms with Gasteiger partial charge in [-0.1, -0.05) is 30.3 Å². The Morgan fingerprint density at radius 2 is 1.21 bits per heavy atom. The highest BCUT2D eigenvalue weighted by Gasteiger charge is 2.12. The Balaban J connectivity index is 2.53. The smallest absolute Gasteiger partial charge is 0.168 e. The van der Waals surface area contributed by atoms with E-state index in [0.29, 0.717) is 11.5 Å². The Hall–Kier alpha value is -2.42. The molecule has 0 aromatic heterocycles. The van der Waals surface area contributed by atoms with Crippen LogP contribution in [0, 0.1) is 0 Å². The average molecular weight is 255 g/mol. The molecule has 0 aliphatic rings. The lowest BCUT2D eigenvalue weighted by Crippen LogP contribution is -1.97. The molecule has 19 heavy (non-hydrogen) atoms. The van der Waals surface area contributed by atoms with Crippen molar-refractivity contribution in [3.8, 4) is 0 Å². The Morgan fingerprint density at radius 3 is 1.68 bits per heavy atom. The minimum atomic E-state index is 0.689. The maximum absolute atomic E-state index is 5.70. The zero-order valence-corrected chi connectivity index (χ0v) is 11.1. The lowest BCUT2D eigenvalue weighted by molar-refractivity contribution is 0.328. The third-order valence-electron chi connectivity index (χ3n) is 2.82. The van der Waals surface area contributed by atoms with Crippen LogP contribution in [0.15, 0.2) is 54.6 Å². The number of hydrogen-bond acceptors (Lipinski definition) is 3. The Morgan fingerprint density at radius 1 is 0.737 bits per heavy atom. The van der Waals surface area contributed by atoms with Crippen LogP contribution in [-0.2, 0) is 9.47 Å². The van der Waals surface area contributed by atoms with E-state index in [-0.39, 0.29) is 0 Å². The number of anilines is 1. The molecule has 0 saturated heterocycles. The molecule has 3 heteroatoms. The van der Waals surface area contributed by atoms with Crippen LogP contribution >= 0.6 is 0 Å². The number of methoxy groups -OCH3 is 2. The number of ether oxygens (including phenoxy) is 2. The van der Waals surface area contributed by atoms with Crippen molar-refractivity contribution in [1.82, 2.24) is 0 Å². The van der Waals surface area contributed by atoms with Crippen LogP contribution in [0.3, 0.4) is 0 Å². The maximum atomic E-state index is 5.70. The highest BCUT2D eigenvalue weighted by atomic mass is 16.5. The molecular weight excluding hydrogens is 238 g/mol. The Labute approximate surface area is 113 Å². The molecule has 0 spiro atoms. The summed E-state index contributed by atoms with van der Waals surface area (Å²) < 4.78 is 11.0. The van der Waals surface area contributed by atoms with E-state index in [4.69, 9.17) is 15.2 Å². The largest absolute Gasteiger partial charge is 0.492 e. The van der Waals surface area contributed by atoms with Gasteiger partial charge in [0, 0.05) is 16.8 Å². The molecule has 0 unspecified atom stereocenters. The van der Waals surface area contributed by atoms with Gasteiger partial charge in [-0.25, -0.2) is 0 Å². The first kappa shape index (κ1) is 13.0. The lowest BCUT2D eigenvalue weighted by Gasteiger charge is -2.14. The molecular formula is C16H17NO2. The third kappa shape index (κ3) is 2.88. The monoisotopic (exact) mass is 255 g/mol. The number of nitrogens with two attached hydrogens (primary N) is 1. The second kappa shape index (κ2) is 5.96. The standard InChI is InChI=1S/C16H17NO2/c1-18-15(12-6-4-3-5-7-12)16(19-2)13-8-10-14(17)11-9-13/h3-11H,17H2,1-2H3. The molecule has 0 aliphatic carbocycles. The van der Waals surface area contributed by atoms with Gasteiger partial charge in [0.1, 0.15) is 0 Å². The molecule has 0 atom stereocenters. The van der Waals surface area contributed by atoms with Crippen molar-refractivity contribution in [3.63, 3.8) is 0 Å². The SMILES string of the molecule is COC(=C(OC)c1ccc(N)cc1)c1ccccc1. The lowest BCUT2D eigenvalue weighted by atomic mass is 10.1. The topological polar surface area (TPSA) is 44.5 Å². The molecule has 2 rings (SSSR count). The summed E-state index contributed by atoms with van der Waals surface area (Å²) in [5.41, 5.74) is 8.32. The second-order valence-electron chi connectivity index (χ2n) is 4.05. The molecule has 0 bridgehead atoms. The van der Waals surface area contributed by atoms with Crippen molar-refractivity contribution in [3.05, 3.63) is 65.7 Å². The first-order chi connectivity index (χ1) is 9.26. The maximum Gasteiger partial charge on any atom is 0.168 e. The van der Waals surface area contributed by atoms with Crippen LogP contribution in [0.25, 0.3) is 11.5 Å². The van der Waals surface area contributed by atoms with Crippen LogP contribution in [-0.4, -0.2) is 14.2 Å². The third-order valence-corrected chi connectivity index (χ3v) is 2.82. The first-order valence-electron chi connectivity index (χ1n) is 6.00. The summed E-state index contributed by atoms with van der Waals surface area (Å²) >= 11 is 0. The van der Waals surface area contributed by atoms with Gasteiger partial charge in [-0.15, -0.1) is 0 Å². The van der Waals surface area contributed by atoms with Crippen LogP contribution in [0.2, 0.25) is 0 Å². The van der Waals surface area contributed by atoms with Crippen LogP contribution < -0.4 is 5.73 Å². The zero-order chi connectivity index (χ0) is 13.7. The molecule has 0 fully saturated rings. The highest BCUT2D eigenvalue weighted by molar-refractivity contribution is 5.84. The van der Waals surface area contributed by atoms with E-state index < -0.39 is 0 Å². The van der Waals surface area contributed by atoms with Crippen molar-refractivity contribution in [1.29, 1.82) is 0 Å². The fourth-order valence-corrected chi connectivity index (χ4v) is 1.91. The summed E-state index contributed by atoms with van der Waals surface area (Å²) in [5, 5.41) is 0. The van der Waals surface area contributed by atoms with E-state index >= 15 is 0 Å². The number of benzene rings is 2. The highest BCUT2D eigenvalue weighted by Crippen LogP contribution is 2.27. The summed E-state index contributed by atoms with van der Waals surface area (Å²) in [5.74, 6) is 1.39. The van der Waals surface area contributed by atoms with Crippen molar-refractivity contribution in [2.45, 2.75) is 0 Å². The van der Waals surface area contributed by atoms with Crippen LogP contribution in [0.5, 0.6) is 0 Å². The van der Waals surface area contributed by atoms with E-state index in [1.165, 1.54) is 0 Å². The zero-order valence-electron chi connectivity index (χ0n) is 11.1. The molecule has 0 amide bonds. The van der Waals surface area contributed by atoms with Gasteiger partial charge < -0.3 is 15.2 Å². The van der Waals surface area contributed by atoms with E-state index in [1.54, 1.807) is 14.2 Å². The number of hydrogen-bond donors (Lipinski definition) is 1. The van der Waals surface area contributed by atoms with Gasteiger partial charge in [0.05, 0.1) is 14.2 Å². The van der Waals surface area contributed by atoms with E-state index in [0.717, 1.165) is 16.8 Å². The molecule has 0 saturated carbocycles. The van der Waals surface area contributed by atoms with Crippen molar-refractivity contribution in [2.75, 3.05) is 20.0 Å². The molecule has 2 aromatic rings. The molecule has 0 radical (unpaired) electrons. The van der Waals surface area contributed by atoms with Crippen LogP contribution in [0.1, 0.15) is 11.1 Å². The van der Waals surface area contributed by atoms with Gasteiger partial charge in [-0.2, -0.15) is 0 Å². The molecule has 2 N–H and O–H groups in total. The second-order valence-corrected chi connectivity index (χ2v) is 4.05. The minimum Gasteiger partial charge on any atom is -0.492 e. The summed E-state index contributed by atoms with van der Waals surface area (Å²) in [6.45, 7) is 0. The van der Waals surface area contributed by atoms with E-state index in [9.17, 15) is 0 Å². The summed E-state index contributed by atoms with van der Waals surface area (Å²) in [4.78, 5) is 0. The van der Waals surface area contributed by atoms with Gasteiger partial charge in [0.25, 0.3) is 0 Å². The summed E-state index contributed by atoms with van der Waals surface area (Å²) in [6, 6.07) is 17.4. The summed E-state index contributed by atoms with van der Waals surface area (Å²) in [7, 11) is 3.27. The molecule has 0 heterocycles. The minimum absolute atomic E-state index is 0.689. The predicted octanol–water partition coefficient (Wildman–Crippen LogP) is 3.39. The molecule has 0 aliphatic heterocycles. The van der Waals surface area contributed by atoms with E-state index in [2.05, 4.69) is 0 Å². The van der Waals surface area contributed by atoms with Crippen LogP contribution in [0.4, 0.5) is 5.69 Å². The van der Waals surface area contributed by atoms with Gasteiger partial charge in [-0.05, 0) is 24.3 Å². The molecule has 98 valence electrons. The quantitative estimate of drug-likeness (QED) is 0.517. The summed E-state index contributed by atoms with van der Waals surface area (Å²) in [6.07, 6.45) is 0. The van der Waals surface area contributed by atoms with E-state index in [1.807, 2.05) is 54.6 Å². The number of nitrogen functional groups attached to an aromatic ring is 1. The van der Waals surface area contributed by atoms with Crippen molar-refractivity contribution in [2.24, 2.45) is 0 Å². The van der Waals surface area contributed by atoms with Crippen molar-refractivity contribution < 1.29 is 9.47 Å². The number of rotatable bonds is 4. The van der Waals surface area contributed by atoms with Gasteiger partial charge in [0.2, 0.25) is 0 Å². The fourth-order valence-electron chi connectivity index (χ4n) is 1.91. The molecule has 2 aromatic carbocycles. The van der Waals surface area contributed by atoms with Gasteiger partial charge >= 0.3 is 0 Å². The van der Waals surface area contributed by atoms with Crippen molar-refractivity contribution >= 4 is 17.2 Å². The fraction of sp³-hybridized carbons (Fsp3) is 0.125. The Kier molecular flexibility index (Phi) is 4.08. The molecule has 3 nitrogen and oxygen atoms in total. The Bertz CT molecular complexity index is 559. The van der Waals surface area contributed by atoms with Gasteiger partial charge in [0.15, 0.2) is 11.5 Å². The predicted molar refractivity (Wildman–Crippen MR) is 78.1 cm³/mol.